The highest BCUT2D eigenvalue weighted by molar-refractivity contribution is 7.98. The second-order valence-corrected chi connectivity index (χ2v) is 5.80. The van der Waals surface area contributed by atoms with Gasteiger partial charge in [0.1, 0.15) is 5.82 Å². The maximum Gasteiger partial charge on any atom is 0.159 e. The van der Waals surface area contributed by atoms with Crippen molar-refractivity contribution in [2.45, 2.75) is 4.90 Å². The van der Waals surface area contributed by atoms with Crippen LogP contribution in [0.3, 0.4) is 0 Å². The van der Waals surface area contributed by atoms with Crippen molar-refractivity contribution in [1.29, 1.82) is 0 Å². The molecule has 108 valence electrons. The molecule has 0 fully saturated rings. The topological polar surface area (TPSA) is 12.5 Å². The largest absolute Gasteiger partial charge is 0.405 e. The molecule has 2 nitrogen and oxygen atoms in total. The number of hydroxylamine groups is 2. The van der Waals surface area contributed by atoms with Gasteiger partial charge in [-0.1, -0.05) is 12.1 Å². The van der Waals surface area contributed by atoms with Gasteiger partial charge >= 0.3 is 0 Å². The number of halogens is 1. The van der Waals surface area contributed by atoms with Gasteiger partial charge in [0, 0.05) is 23.1 Å². The molecule has 0 radical (unpaired) electrons. The highest BCUT2D eigenvalue weighted by Crippen LogP contribution is 2.34. The standard InChI is InChI=1S/C17H16FNOS/c1-19-11-16(12-5-9-15(21-2)10-6-12)17(20-19)13-3-7-14(18)8-4-13/h3-10H,11H2,1-2H3. The monoisotopic (exact) mass is 301 g/mol. The second kappa shape index (κ2) is 5.92. The zero-order valence-electron chi connectivity index (χ0n) is 12.0. The Morgan fingerprint density at radius 3 is 2.24 bits per heavy atom. The minimum absolute atomic E-state index is 0.239. The zero-order valence-corrected chi connectivity index (χ0v) is 12.8. The van der Waals surface area contributed by atoms with Crippen molar-refractivity contribution in [2.24, 2.45) is 0 Å². The highest BCUT2D eigenvalue weighted by atomic mass is 32.2. The van der Waals surface area contributed by atoms with E-state index in [1.807, 2.05) is 7.05 Å². The summed E-state index contributed by atoms with van der Waals surface area (Å²) in [6.45, 7) is 0.714. The number of benzene rings is 2. The fourth-order valence-corrected chi connectivity index (χ4v) is 2.79. The van der Waals surface area contributed by atoms with Crippen LogP contribution in [0.15, 0.2) is 53.4 Å². The Labute approximate surface area is 128 Å². The predicted molar refractivity (Wildman–Crippen MR) is 85.2 cm³/mol. The zero-order chi connectivity index (χ0) is 14.8. The van der Waals surface area contributed by atoms with Crippen LogP contribution in [0, 0.1) is 5.82 Å². The van der Waals surface area contributed by atoms with Crippen molar-refractivity contribution >= 4 is 23.1 Å². The van der Waals surface area contributed by atoms with Gasteiger partial charge in [-0.25, -0.2) is 4.39 Å². The number of hydrogen-bond donors (Lipinski definition) is 0. The minimum Gasteiger partial charge on any atom is -0.405 e. The summed E-state index contributed by atoms with van der Waals surface area (Å²) in [6.07, 6.45) is 2.06. The van der Waals surface area contributed by atoms with Crippen LogP contribution in [0.5, 0.6) is 0 Å². The van der Waals surface area contributed by atoms with Crippen molar-refractivity contribution in [1.82, 2.24) is 5.06 Å². The number of likely N-dealkylation sites (N-methyl/N-ethyl adjacent to an activating group) is 1. The van der Waals surface area contributed by atoms with Gasteiger partial charge in [0.05, 0.1) is 6.54 Å². The quantitative estimate of drug-likeness (QED) is 0.785. The molecule has 1 aliphatic rings. The van der Waals surface area contributed by atoms with Crippen molar-refractivity contribution in [3.8, 4) is 0 Å². The van der Waals surface area contributed by atoms with Gasteiger partial charge in [-0.3, -0.25) is 0 Å². The van der Waals surface area contributed by atoms with Gasteiger partial charge in [0.2, 0.25) is 0 Å². The van der Waals surface area contributed by atoms with Crippen LogP contribution in [0.25, 0.3) is 11.3 Å². The van der Waals surface area contributed by atoms with Crippen molar-refractivity contribution in [2.75, 3.05) is 19.8 Å². The van der Waals surface area contributed by atoms with E-state index < -0.39 is 0 Å². The lowest BCUT2D eigenvalue weighted by atomic mass is 10.0. The number of nitrogens with zero attached hydrogens (tertiary/aromatic N) is 1. The van der Waals surface area contributed by atoms with Crippen molar-refractivity contribution in [3.63, 3.8) is 0 Å². The first kappa shape index (κ1) is 14.2. The lowest BCUT2D eigenvalue weighted by molar-refractivity contribution is -0.0335. The predicted octanol–water partition coefficient (Wildman–Crippen LogP) is 4.29. The molecule has 0 aromatic heterocycles. The SMILES string of the molecule is CSc1ccc(C2=C(c3ccc(F)cc3)ON(C)C2)cc1. The van der Waals surface area contributed by atoms with Crippen LogP contribution in [0.4, 0.5) is 4.39 Å². The van der Waals surface area contributed by atoms with E-state index in [0.29, 0.717) is 6.54 Å². The third-order valence-electron chi connectivity index (χ3n) is 3.45. The molecule has 0 saturated carbocycles. The van der Waals surface area contributed by atoms with Crippen LogP contribution < -0.4 is 0 Å². The maximum absolute atomic E-state index is 13.1. The van der Waals surface area contributed by atoms with E-state index in [1.165, 1.54) is 17.0 Å². The fourth-order valence-electron chi connectivity index (χ4n) is 2.38. The average Bonchev–Trinajstić information content (AvgIpc) is 2.90. The first-order valence-electron chi connectivity index (χ1n) is 6.70. The molecule has 1 heterocycles. The second-order valence-electron chi connectivity index (χ2n) is 4.92. The lowest BCUT2D eigenvalue weighted by Gasteiger charge is -2.09. The van der Waals surface area contributed by atoms with Crippen molar-refractivity contribution in [3.05, 3.63) is 65.5 Å². The Kier molecular flexibility index (Phi) is 3.99. The summed E-state index contributed by atoms with van der Waals surface area (Å²) < 4.78 is 13.1. The maximum atomic E-state index is 13.1. The molecule has 1 aliphatic heterocycles. The third kappa shape index (κ3) is 2.96. The van der Waals surface area contributed by atoms with E-state index in [4.69, 9.17) is 4.84 Å². The molecular formula is C17H16FNOS. The summed E-state index contributed by atoms with van der Waals surface area (Å²) in [4.78, 5) is 7.03. The summed E-state index contributed by atoms with van der Waals surface area (Å²) in [5.74, 6) is 0.561. The average molecular weight is 301 g/mol. The van der Waals surface area contributed by atoms with Gasteiger partial charge < -0.3 is 4.84 Å². The molecule has 0 amide bonds. The summed E-state index contributed by atoms with van der Waals surface area (Å²) in [5.41, 5.74) is 3.15. The van der Waals surface area contributed by atoms with Gasteiger partial charge in [-0.05, 0) is 48.2 Å². The first-order valence-corrected chi connectivity index (χ1v) is 7.92. The summed E-state index contributed by atoms with van der Waals surface area (Å²) in [7, 11) is 1.90. The molecule has 0 bridgehead atoms. The summed E-state index contributed by atoms with van der Waals surface area (Å²) in [6, 6.07) is 14.8. The van der Waals surface area contributed by atoms with Crippen molar-refractivity contribution < 1.29 is 9.23 Å². The summed E-state index contributed by atoms with van der Waals surface area (Å²) in [5, 5.41) is 1.79. The smallest absolute Gasteiger partial charge is 0.159 e. The van der Waals surface area contributed by atoms with Crippen LogP contribution in [0.2, 0.25) is 0 Å². The van der Waals surface area contributed by atoms with E-state index in [2.05, 4.69) is 30.5 Å². The van der Waals surface area contributed by atoms with Crippen LogP contribution in [0.1, 0.15) is 11.1 Å². The van der Waals surface area contributed by atoms with Gasteiger partial charge in [0.15, 0.2) is 5.76 Å². The third-order valence-corrected chi connectivity index (χ3v) is 4.19. The molecule has 3 rings (SSSR count). The number of hydrogen-bond acceptors (Lipinski definition) is 3. The van der Waals surface area contributed by atoms with E-state index in [1.54, 1.807) is 29.0 Å². The van der Waals surface area contributed by atoms with E-state index in [0.717, 1.165) is 22.5 Å². The lowest BCUT2D eigenvalue weighted by Crippen LogP contribution is -2.12. The normalized spacial score (nSPS) is 15.4. The molecule has 0 unspecified atom stereocenters. The van der Waals surface area contributed by atoms with Crippen LogP contribution >= 0.6 is 11.8 Å². The molecule has 0 atom stereocenters. The Morgan fingerprint density at radius 1 is 1.00 bits per heavy atom. The molecule has 21 heavy (non-hydrogen) atoms. The van der Waals surface area contributed by atoms with Gasteiger partial charge in [-0.15, -0.1) is 16.8 Å². The minimum atomic E-state index is -0.239. The Bertz CT molecular complexity index is 664. The number of rotatable bonds is 3. The Morgan fingerprint density at radius 2 is 1.62 bits per heavy atom. The van der Waals surface area contributed by atoms with Crippen LogP contribution in [-0.4, -0.2) is 24.9 Å². The summed E-state index contributed by atoms with van der Waals surface area (Å²) >= 11 is 1.72. The highest BCUT2D eigenvalue weighted by Gasteiger charge is 2.23. The van der Waals surface area contributed by atoms with E-state index in [-0.39, 0.29) is 5.82 Å². The number of thioether (sulfide) groups is 1. The molecule has 0 N–H and O–H groups in total. The van der Waals surface area contributed by atoms with E-state index in [9.17, 15) is 4.39 Å². The first-order chi connectivity index (χ1) is 10.2. The molecule has 0 spiro atoms. The fraction of sp³-hybridized carbons (Fsp3) is 0.176. The molecule has 0 saturated heterocycles. The van der Waals surface area contributed by atoms with Gasteiger partial charge in [-0.2, -0.15) is 0 Å². The Balaban J connectivity index is 2.02. The molecule has 0 aliphatic carbocycles. The molecular weight excluding hydrogens is 285 g/mol. The van der Waals surface area contributed by atoms with Gasteiger partial charge in [0.25, 0.3) is 0 Å². The van der Waals surface area contributed by atoms with Crippen LogP contribution in [-0.2, 0) is 4.84 Å². The molecule has 2 aromatic carbocycles. The van der Waals surface area contributed by atoms with E-state index >= 15 is 0 Å². The molecule has 2 aromatic rings. The Hall–Kier alpha value is -1.78. The molecule has 4 heteroatoms.